The van der Waals surface area contributed by atoms with E-state index in [0.29, 0.717) is 16.6 Å². The van der Waals surface area contributed by atoms with Gasteiger partial charge >= 0.3 is 0 Å². The van der Waals surface area contributed by atoms with Crippen LogP contribution < -0.4 is 5.32 Å². The average molecular weight is 337 g/mol. The van der Waals surface area contributed by atoms with Crippen molar-refractivity contribution in [2.45, 2.75) is 25.7 Å². The number of nitrogens with one attached hydrogen (secondary N) is 1. The number of aromatic nitrogens is 1. The molecule has 0 spiro atoms. The molecule has 2 aromatic rings. The van der Waals surface area contributed by atoms with Crippen LogP contribution in [0.25, 0.3) is 0 Å². The molecule has 3 rings (SSSR count). The SMILES string of the molecule is Cc1ccc(C(=O)Nc2nc(C3CC3)cs2)c(Br)c1. The summed E-state index contributed by atoms with van der Waals surface area (Å²) >= 11 is 4.91. The molecule has 1 aliphatic carbocycles. The van der Waals surface area contributed by atoms with Crippen molar-refractivity contribution in [1.29, 1.82) is 0 Å². The van der Waals surface area contributed by atoms with E-state index in [1.54, 1.807) is 0 Å². The number of carbonyl (C=O) groups is 1. The van der Waals surface area contributed by atoms with Gasteiger partial charge in [-0.15, -0.1) is 11.3 Å². The molecule has 0 bridgehead atoms. The van der Waals surface area contributed by atoms with Gasteiger partial charge in [-0.25, -0.2) is 4.98 Å². The fourth-order valence-corrected chi connectivity index (χ4v) is 3.34. The zero-order valence-corrected chi connectivity index (χ0v) is 12.8. The van der Waals surface area contributed by atoms with E-state index in [0.717, 1.165) is 15.7 Å². The zero-order valence-electron chi connectivity index (χ0n) is 10.4. The summed E-state index contributed by atoms with van der Waals surface area (Å²) in [6, 6.07) is 5.69. The molecule has 1 N–H and O–H groups in total. The van der Waals surface area contributed by atoms with Crippen LogP contribution in [-0.2, 0) is 0 Å². The number of benzene rings is 1. The minimum atomic E-state index is -0.122. The number of anilines is 1. The standard InChI is InChI=1S/C14H13BrN2OS/c1-8-2-5-10(11(15)6-8)13(18)17-14-16-12(7-19-14)9-3-4-9/h2,5-7,9H,3-4H2,1H3,(H,16,17,18). The van der Waals surface area contributed by atoms with E-state index < -0.39 is 0 Å². The van der Waals surface area contributed by atoms with Crippen LogP contribution in [0.4, 0.5) is 5.13 Å². The fraction of sp³-hybridized carbons (Fsp3) is 0.286. The van der Waals surface area contributed by atoms with Gasteiger partial charge in [0.05, 0.1) is 11.3 Å². The van der Waals surface area contributed by atoms with Crippen LogP contribution >= 0.6 is 27.3 Å². The van der Waals surface area contributed by atoms with Crippen LogP contribution in [0.3, 0.4) is 0 Å². The van der Waals surface area contributed by atoms with Crippen molar-refractivity contribution < 1.29 is 4.79 Å². The topological polar surface area (TPSA) is 42.0 Å². The first kappa shape index (κ1) is 12.8. The van der Waals surface area contributed by atoms with Crippen LogP contribution in [0, 0.1) is 6.92 Å². The van der Waals surface area contributed by atoms with Gasteiger partial charge in [-0.2, -0.15) is 0 Å². The van der Waals surface area contributed by atoms with E-state index in [9.17, 15) is 4.79 Å². The Kier molecular flexibility index (Phi) is 3.41. The van der Waals surface area contributed by atoms with Gasteiger partial charge in [-0.05, 0) is 53.4 Å². The molecule has 1 saturated carbocycles. The molecule has 5 heteroatoms. The Morgan fingerprint density at radius 1 is 1.47 bits per heavy atom. The van der Waals surface area contributed by atoms with Crippen molar-refractivity contribution in [1.82, 2.24) is 4.98 Å². The monoisotopic (exact) mass is 336 g/mol. The molecule has 0 unspecified atom stereocenters. The summed E-state index contributed by atoms with van der Waals surface area (Å²) in [5.74, 6) is 0.497. The van der Waals surface area contributed by atoms with E-state index >= 15 is 0 Å². The summed E-state index contributed by atoms with van der Waals surface area (Å²) < 4.78 is 0.809. The molecule has 1 aromatic heterocycles. The minimum Gasteiger partial charge on any atom is -0.298 e. The van der Waals surface area contributed by atoms with Crippen molar-refractivity contribution in [3.63, 3.8) is 0 Å². The van der Waals surface area contributed by atoms with Crippen molar-refractivity contribution in [3.8, 4) is 0 Å². The third kappa shape index (κ3) is 2.87. The lowest BCUT2D eigenvalue weighted by atomic mass is 10.1. The van der Waals surface area contributed by atoms with Gasteiger partial charge in [-0.1, -0.05) is 6.07 Å². The number of thiazole rings is 1. The van der Waals surface area contributed by atoms with Gasteiger partial charge in [0.25, 0.3) is 5.91 Å². The highest BCUT2D eigenvalue weighted by Crippen LogP contribution is 2.40. The van der Waals surface area contributed by atoms with E-state index in [4.69, 9.17) is 0 Å². The second kappa shape index (κ2) is 5.06. The number of rotatable bonds is 3. The van der Waals surface area contributed by atoms with E-state index in [1.165, 1.54) is 24.2 Å². The van der Waals surface area contributed by atoms with E-state index in [1.807, 2.05) is 30.5 Å². The van der Waals surface area contributed by atoms with Crippen molar-refractivity contribution >= 4 is 38.3 Å². The second-order valence-electron chi connectivity index (χ2n) is 4.79. The van der Waals surface area contributed by atoms with Crippen LogP contribution in [-0.4, -0.2) is 10.9 Å². The summed E-state index contributed by atoms with van der Waals surface area (Å²) in [7, 11) is 0. The Balaban J connectivity index is 1.76. The molecule has 3 nitrogen and oxygen atoms in total. The first-order valence-corrected chi connectivity index (χ1v) is 7.83. The first-order chi connectivity index (χ1) is 9.13. The zero-order chi connectivity index (χ0) is 13.4. The van der Waals surface area contributed by atoms with Gasteiger partial charge < -0.3 is 0 Å². The average Bonchev–Trinajstić information content (AvgIpc) is 3.10. The number of hydrogen-bond donors (Lipinski definition) is 1. The Morgan fingerprint density at radius 2 is 2.26 bits per heavy atom. The molecule has 0 aliphatic heterocycles. The van der Waals surface area contributed by atoms with E-state index in [-0.39, 0.29) is 5.91 Å². The molecule has 1 aliphatic rings. The summed E-state index contributed by atoms with van der Waals surface area (Å²) in [6.45, 7) is 2.00. The third-order valence-corrected chi connectivity index (χ3v) is 4.54. The third-order valence-electron chi connectivity index (χ3n) is 3.11. The molecule has 0 radical (unpaired) electrons. The summed E-state index contributed by atoms with van der Waals surface area (Å²) in [6.07, 6.45) is 2.45. The van der Waals surface area contributed by atoms with Crippen LogP contribution in [0.2, 0.25) is 0 Å². The van der Waals surface area contributed by atoms with Crippen LogP contribution in [0.5, 0.6) is 0 Å². The number of aryl methyl sites for hydroxylation is 1. The number of halogens is 1. The Labute approximate surface area is 124 Å². The molecule has 1 aromatic carbocycles. The van der Waals surface area contributed by atoms with Gasteiger partial charge in [0.15, 0.2) is 5.13 Å². The largest absolute Gasteiger partial charge is 0.298 e. The maximum Gasteiger partial charge on any atom is 0.258 e. The van der Waals surface area contributed by atoms with Gasteiger partial charge in [-0.3, -0.25) is 10.1 Å². The molecule has 98 valence electrons. The fourth-order valence-electron chi connectivity index (χ4n) is 1.88. The lowest BCUT2D eigenvalue weighted by Gasteiger charge is -2.05. The lowest BCUT2D eigenvalue weighted by Crippen LogP contribution is -2.12. The molecular formula is C14H13BrN2OS. The second-order valence-corrected chi connectivity index (χ2v) is 6.50. The van der Waals surface area contributed by atoms with Crippen molar-refractivity contribution in [2.75, 3.05) is 5.32 Å². The highest BCUT2D eigenvalue weighted by Gasteiger charge is 2.26. The van der Waals surface area contributed by atoms with Gasteiger partial charge in [0.2, 0.25) is 0 Å². The molecule has 0 atom stereocenters. The van der Waals surface area contributed by atoms with Crippen molar-refractivity contribution in [3.05, 3.63) is 44.9 Å². The number of nitrogens with zero attached hydrogens (tertiary/aromatic N) is 1. The first-order valence-electron chi connectivity index (χ1n) is 6.16. The quantitative estimate of drug-likeness (QED) is 0.905. The number of hydrogen-bond acceptors (Lipinski definition) is 3. The van der Waals surface area contributed by atoms with Crippen molar-refractivity contribution in [2.24, 2.45) is 0 Å². The number of amides is 1. The summed E-state index contributed by atoms with van der Waals surface area (Å²) in [4.78, 5) is 16.6. The molecule has 19 heavy (non-hydrogen) atoms. The maximum absolute atomic E-state index is 12.2. The molecular weight excluding hydrogens is 324 g/mol. The summed E-state index contributed by atoms with van der Waals surface area (Å²) in [5.41, 5.74) is 2.87. The minimum absolute atomic E-state index is 0.122. The Morgan fingerprint density at radius 3 is 2.95 bits per heavy atom. The Bertz CT molecular complexity index is 634. The molecule has 1 fully saturated rings. The van der Waals surface area contributed by atoms with E-state index in [2.05, 4.69) is 26.2 Å². The Hall–Kier alpha value is -1.20. The van der Waals surface area contributed by atoms with Gasteiger partial charge in [0, 0.05) is 15.8 Å². The van der Waals surface area contributed by atoms with Crippen LogP contribution in [0.1, 0.15) is 40.4 Å². The lowest BCUT2D eigenvalue weighted by molar-refractivity contribution is 0.102. The highest BCUT2D eigenvalue weighted by molar-refractivity contribution is 9.10. The predicted molar refractivity (Wildman–Crippen MR) is 80.9 cm³/mol. The summed E-state index contributed by atoms with van der Waals surface area (Å²) in [5, 5.41) is 5.58. The molecule has 0 saturated heterocycles. The number of carbonyl (C=O) groups excluding carboxylic acids is 1. The van der Waals surface area contributed by atoms with Gasteiger partial charge in [0.1, 0.15) is 0 Å². The predicted octanol–water partition coefficient (Wildman–Crippen LogP) is 4.34. The van der Waals surface area contributed by atoms with Crippen LogP contribution in [0.15, 0.2) is 28.1 Å². The highest BCUT2D eigenvalue weighted by atomic mass is 79.9. The normalized spacial score (nSPS) is 14.4. The molecule has 1 heterocycles. The molecule has 1 amide bonds. The smallest absolute Gasteiger partial charge is 0.258 e. The maximum atomic E-state index is 12.2.